The Labute approximate surface area is 89.6 Å². The topological polar surface area (TPSA) is 0 Å². The summed E-state index contributed by atoms with van der Waals surface area (Å²) in [6.07, 6.45) is 7.61. The van der Waals surface area contributed by atoms with Crippen LogP contribution in [0.2, 0.25) is 0 Å². The van der Waals surface area contributed by atoms with Gasteiger partial charge in [-0.05, 0) is 42.9 Å². The Balaban J connectivity index is 2.01. The van der Waals surface area contributed by atoms with Crippen molar-refractivity contribution < 1.29 is 0 Å². The van der Waals surface area contributed by atoms with Gasteiger partial charge in [-0.1, -0.05) is 42.4 Å². The first-order chi connectivity index (χ1) is 5.86. The molecule has 0 heterocycles. The van der Waals surface area contributed by atoms with Crippen LogP contribution in [0, 0.1) is 23.7 Å². The molecule has 0 amide bonds. The van der Waals surface area contributed by atoms with E-state index in [0.717, 1.165) is 23.7 Å². The Hall–Kier alpha value is 0.730. The van der Waals surface area contributed by atoms with E-state index < -0.39 is 0 Å². The molecule has 0 spiro atoms. The molecule has 70 valence electrons. The predicted octanol–water partition coefficient (Wildman–Crippen LogP) is 3.88. The van der Waals surface area contributed by atoms with E-state index in [1.54, 1.807) is 19.3 Å². The van der Waals surface area contributed by atoms with Gasteiger partial charge in [-0.25, -0.2) is 0 Å². The molecule has 0 saturated heterocycles. The van der Waals surface area contributed by atoms with Crippen molar-refractivity contribution in [1.82, 2.24) is 0 Å². The van der Waals surface area contributed by atoms with Gasteiger partial charge in [0.25, 0.3) is 0 Å². The normalized spacial score (nSPS) is 45.5. The largest absolute Gasteiger partial charge is 0.0861 e. The summed E-state index contributed by atoms with van der Waals surface area (Å²) in [6, 6.07) is 0. The van der Waals surface area contributed by atoms with Crippen LogP contribution in [0.1, 0.15) is 39.0 Å². The lowest BCUT2D eigenvalue weighted by Gasteiger charge is -2.29. The predicted molar refractivity (Wildman–Crippen MR) is 61.6 cm³/mol. The van der Waals surface area contributed by atoms with Crippen LogP contribution in [0.25, 0.3) is 0 Å². The minimum Gasteiger partial charge on any atom is -0.0861 e. The van der Waals surface area contributed by atoms with Crippen molar-refractivity contribution in [1.29, 1.82) is 0 Å². The zero-order chi connectivity index (χ0) is 8.55. The highest BCUT2D eigenvalue weighted by Gasteiger charge is 2.45. The van der Waals surface area contributed by atoms with Crippen molar-refractivity contribution in [2.45, 2.75) is 39.0 Å². The summed E-state index contributed by atoms with van der Waals surface area (Å²) in [6.45, 7) is 2.34. The number of hydrogen-bond donors (Lipinski definition) is 0. The first-order valence-corrected chi connectivity index (χ1v) is 6.95. The average molecular weight is 278 g/mol. The van der Waals surface area contributed by atoms with Gasteiger partial charge in [0.15, 0.2) is 0 Å². The number of alkyl halides is 1. The molecule has 0 radical (unpaired) electrons. The highest BCUT2D eigenvalue weighted by Crippen LogP contribution is 2.54. The average Bonchev–Trinajstić information content (AvgIpc) is 2.64. The van der Waals surface area contributed by atoms with Gasteiger partial charge in [-0.2, -0.15) is 0 Å². The van der Waals surface area contributed by atoms with E-state index in [2.05, 4.69) is 29.5 Å². The first kappa shape index (κ1) is 9.29. The van der Waals surface area contributed by atoms with E-state index >= 15 is 0 Å². The van der Waals surface area contributed by atoms with Gasteiger partial charge in [0.2, 0.25) is 0 Å². The van der Waals surface area contributed by atoms with E-state index in [-0.39, 0.29) is 0 Å². The highest BCUT2D eigenvalue weighted by atomic mass is 127. The van der Waals surface area contributed by atoms with Crippen molar-refractivity contribution in [3.05, 3.63) is 0 Å². The van der Waals surface area contributed by atoms with Gasteiger partial charge in [0.1, 0.15) is 0 Å². The number of rotatable bonds is 3. The van der Waals surface area contributed by atoms with Gasteiger partial charge >= 0.3 is 0 Å². The Kier molecular flexibility index (Phi) is 2.98. The van der Waals surface area contributed by atoms with Crippen LogP contribution < -0.4 is 0 Å². The number of halogens is 1. The highest BCUT2D eigenvalue weighted by molar-refractivity contribution is 14.1. The maximum atomic E-state index is 2.60. The van der Waals surface area contributed by atoms with Crippen LogP contribution in [0.15, 0.2) is 0 Å². The number of hydrogen-bond acceptors (Lipinski definition) is 0. The van der Waals surface area contributed by atoms with Crippen molar-refractivity contribution in [2.24, 2.45) is 23.7 Å². The van der Waals surface area contributed by atoms with Crippen LogP contribution in [0.5, 0.6) is 0 Å². The lowest BCUT2D eigenvalue weighted by molar-refractivity contribution is 0.231. The van der Waals surface area contributed by atoms with Crippen LogP contribution in [-0.4, -0.2) is 4.43 Å². The van der Waals surface area contributed by atoms with Gasteiger partial charge in [0.05, 0.1) is 0 Å². The molecule has 2 saturated carbocycles. The molecule has 0 nitrogen and oxygen atoms in total. The van der Waals surface area contributed by atoms with Gasteiger partial charge < -0.3 is 0 Å². The second kappa shape index (κ2) is 3.85. The first-order valence-electron chi connectivity index (χ1n) is 5.42. The van der Waals surface area contributed by atoms with E-state index in [0.29, 0.717) is 0 Å². The van der Waals surface area contributed by atoms with Crippen molar-refractivity contribution in [2.75, 3.05) is 4.43 Å². The summed E-state index contributed by atoms with van der Waals surface area (Å²) in [5, 5.41) is 0. The molecular formula is C11H19I. The Morgan fingerprint density at radius 1 is 1.17 bits per heavy atom. The second-order valence-electron chi connectivity index (χ2n) is 4.60. The fourth-order valence-electron chi connectivity index (χ4n) is 3.55. The summed E-state index contributed by atoms with van der Waals surface area (Å²) in [5.41, 5.74) is 0. The van der Waals surface area contributed by atoms with Gasteiger partial charge in [-0.3, -0.25) is 0 Å². The lowest BCUT2D eigenvalue weighted by Crippen LogP contribution is -2.23. The molecule has 4 atom stereocenters. The Morgan fingerprint density at radius 2 is 1.83 bits per heavy atom. The molecule has 0 aromatic rings. The third-order valence-corrected chi connectivity index (χ3v) is 5.09. The molecule has 2 bridgehead atoms. The van der Waals surface area contributed by atoms with Crippen molar-refractivity contribution in [3.63, 3.8) is 0 Å². The zero-order valence-corrected chi connectivity index (χ0v) is 10.1. The summed E-state index contributed by atoms with van der Waals surface area (Å²) >= 11 is 2.60. The quantitative estimate of drug-likeness (QED) is 0.543. The van der Waals surface area contributed by atoms with Gasteiger partial charge in [0, 0.05) is 4.43 Å². The zero-order valence-electron chi connectivity index (χ0n) is 7.93. The number of fused-ring (bicyclic) bond motifs is 2. The molecule has 0 aromatic carbocycles. The van der Waals surface area contributed by atoms with Gasteiger partial charge in [-0.15, -0.1) is 0 Å². The SMILES string of the molecule is CCCC1C2CCC(C2)C1CI. The third-order valence-electron chi connectivity index (χ3n) is 4.07. The summed E-state index contributed by atoms with van der Waals surface area (Å²) in [7, 11) is 0. The van der Waals surface area contributed by atoms with Crippen LogP contribution in [0.3, 0.4) is 0 Å². The third kappa shape index (κ3) is 1.42. The molecule has 4 unspecified atom stereocenters. The minimum absolute atomic E-state index is 1.10. The summed E-state index contributed by atoms with van der Waals surface area (Å²) in [4.78, 5) is 0. The molecule has 0 aromatic heterocycles. The molecule has 2 rings (SSSR count). The van der Waals surface area contributed by atoms with E-state index in [9.17, 15) is 0 Å². The molecular weight excluding hydrogens is 259 g/mol. The van der Waals surface area contributed by atoms with Crippen molar-refractivity contribution >= 4 is 22.6 Å². The summed E-state index contributed by atoms with van der Waals surface area (Å²) in [5.74, 6) is 4.48. The van der Waals surface area contributed by atoms with E-state index in [1.807, 2.05) is 0 Å². The molecule has 12 heavy (non-hydrogen) atoms. The molecule has 1 heteroatoms. The molecule has 0 N–H and O–H groups in total. The molecule has 2 aliphatic carbocycles. The Bertz CT molecular complexity index is 155. The maximum absolute atomic E-state index is 2.60. The van der Waals surface area contributed by atoms with E-state index in [4.69, 9.17) is 0 Å². The standard InChI is InChI=1S/C11H19I/c1-2-3-10-8-4-5-9(6-8)11(10)7-12/h8-11H,2-7H2,1H3. The molecule has 2 aliphatic rings. The van der Waals surface area contributed by atoms with Crippen LogP contribution in [-0.2, 0) is 0 Å². The minimum atomic E-state index is 1.10. The Morgan fingerprint density at radius 3 is 2.42 bits per heavy atom. The molecule has 2 fully saturated rings. The fourth-order valence-corrected chi connectivity index (χ4v) is 4.93. The maximum Gasteiger partial charge on any atom is 0.00290 e. The lowest BCUT2D eigenvalue weighted by atomic mass is 9.78. The van der Waals surface area contributed by atoms with Crippen LogP contribution >= 0.6 is 22.6 Å². The van der Waals surface area contributed by atoms with Crippen LogP contribution in [0.4, 0.5) is 0 Å². The monoisotopic (exact) mass is 278 g/mol. The van der Waals surface area contributed by atoms with E-state index in [1.165, 1.54) is 17.3 Å². The van der Waals surface area contributed by atoms with Crippen molar-refractivity contribution in [3.8, 4) is 0 Å². The second-order valence-corrected chi connectivity index (χ2v) is 5.48. The fraction of sp³-hybridized carbons (Fsp3) is 1.00. The summed E-state index contributed by atoms with van der Waals surface area (Å²) < 4.78 is 1.42. The molecule has 0 aliphatic heterocycles. The smallest absolute Gasteiger partial charge is 0.00290 e.